The van der Waals surface area contributed by atoms with E-state index >= 15 is 0 Å². The number of hydrogen-bond donors (Lipinski definition) is 4. The summed E-state index contributed by atoms with van der Waals surface area (Å²) < 4.78 is 23.9. The van der Waals surface area contributed by atoms with Crippen molar-refractivity contribution in [1.29, 1.82) is 0 Å². The number of allylic oxidation sites excluding steroid dienone is 2. The quantitative estimate of drug-likeness (QED) is 0.118. The van der Waals surface area contributed by atoms with E-state index in [0.717, 1.165) is 24.9 Å². The SMILES string of the molecule is CCOC(=O)N1CCN(C(=O)OC2=CC=C3[C@H]4Cc5ccc(OC)c6c5[C@@]3(CCN4C)C2O6)C(CNC(=O)[C@H](CCCN=C(N)N)CC(=O)CNC(C)=O)C1. The van der Waals surface area contributed by atoms with Crippen LogP contribution in [0.4, 0.5) is 9.59 Å². The number of benzene rings is 1. The molecule has 0 aromatic heterocycles. The Bertz CT molecular complexity index is 1790. The maximum absolute atomic E-state index is 14.2. The smallest absolute Gasteiger partial charge is 0.415 e. The number of likely N-dealkylation sites (tertiary alicyclic amines) is 1. The minimum Gasteiger partial charge on any atom is -0.493 e. The number of Topliss-reactive ketones (excluding diaryl/α,β-unsaturated/α-hetero) is 1. The van der Waals surface area contributed by atoms with Crippen LogP contribution in [-0.2, 0) is 35.7 Å². The summed E-state index contributed by atoms with van der Waals surface area (Å²) in [6, 6.07) is 3.52. The lowest BCUT2D eigenvalue weighted by Gasteiger charge is -2.52. The lowest BCUT2D eigenvalue weighted by Crippen LogP contribution is -2.61. The molecule has 55 heavy (non-hydrogen) atoms. The van der Waals surface area contributed by atoms with Crippen LogP contribution < -0.4 is 31.6 Å². The van der Waals surface area contributed by atoms with Gasteiger partial charge in [0, 0.05) is 63.6 Å². The molecule has 3 heterocycles. The Balaban J connectivity index is 1.21. The molecule has 5 aliphatic rings. The average Bonchev–Trinajstić information content (AvgIpc) is 3.51. The Morgan fingerprint density at radius 3 is 2.62 bits per heavy atom. The average molecular weight is 765 g/mol. The second-order valence-electron chi connectivity index (χ2n) is 14.6. The first kappa shape index (κ1) is 39.4. The first-order valence-corrected chi connectivity index (χ1v) is 18.9. The lowest BCUT2D eigenvalue weighted by molar-refractivity contribution is -0.130. The topological polar surface area (TPSA) is 220 Å². The fraction of sp³-hybridized carbons (Fsp3) is 0.579. The van der Waals surface area contributed by atoms with Crippen LogP contribution in [0.5, 0.6) is 11.5 Å². The number of ketones is 1. The molecule has 0 saturated carbocycles. The fourth-order valence-electron chi connectivity index (χ4n) is 8.63. The van der Waals surface area contributed by atoms with Gasteiger partial charge >= 0.3 is 12.2 Å². The van der Waals surface area contributed by atoms with E-state index in [0.29, 0.717) is 23.7 Å². The van der Waals surface area contributed by atoms with E-state index in [-0.39, 0.29) is 82.4 Å². The van der Waals surface area contributed by atoms with Crippen LogP contribution in [0.2, 0.25) is 0 Å². The van der Waals surface area contributed by atoms with Crippen molar-refractivity contribution in [3.05, 3.63) is 46.7 Å². The number of carbonyl (C=O) groups excluding carboxylic acids is 5. The molecule has 6 rings (SSSR count). The van der Waals surface area contributed by atoms with Gasteiger partial charge in [0.1, 0.15) is 0 Å². The fourth-order valence-corrected chi connectivity index (χ4v) is 8.63. The van der Waals surface area contributed by atoms with E-state index < -0.39 is 41.6 Å². The molecule has 17 nitrogen and oxygen atoms in total. The predicted octanol–water partition coefficient (Wildman–Crippen LogP) is 0.939. The summed E-state index contributed by atoms with van der Waals surface area (Å²) >= 11 is 0. The van der Waals surface area contributed by atoms with Crippen molar-refractivity contribution in [3.63, 3.8) is 0 Å². The van der Waals surface area contributed by atoms with Crippen LogP contribution in [0, 0.1) is 5.92 Å². The van der Waals surface area contributed by atoms with Crippen molar-refractivity contribution in [3.8, 4) is 11.5 Å². The number of piperazine rings is 1. The van der Waals surface area contributed by atoms with Crippen molar-refractivity contribution >= 4 is 35.7 Å². The highest BCUT2D eigenvalue weighted by atomic mass is 16.6. The first-order chi connectivity index (χ1) is 26.4. The molecule has 298 valence electrons. The molecule has 2 aliphatic carbocycles. The van der Waals surface area contributed by atoms with Gasteiger partial charge in [0.05, 0.1) is 31.7 Å². The summed E-state index contributed by atoms with van der Waals surface area (Å²) in [4.78, 5) is 74.1. The van der Waals surface area contributed by atoms with Crippen LogP contribution >= 0.6 is 0 Å². The number of likely N-dealkylation sites (N-methyl/N-ethyl adjacent to an activating group) is 1. The first-order valence-electron chi connectivity index (χ1n) is 18.9. The molecule has 5 atom stereocenters. The molecule has 2 saturated heterocycles. The molecular formula is C38H52N8O9. The number of ether oxygens (including phenoxy) is 4. The van der Waals surface area contributed by atoms with E-state index in [4.69, 9.17) is 30.4 Å². The molecule has 3 aliphatic heterocycles. The van der Waals surface area contributed by atoms with Crippen molar-refractivity contribution < 1.29 is 42.9 Å². The third-order valence-electron chi connectivity index (χ3n) is 11.3. The highest BCUT2D eigenvalue weighted by molar-refractivity contribution is 5.90. The molecule has 1 spiro atoms. The number of aliphatic imine (C=N–C) groups is 1. The van der Waals surface area contributed by atoms with E-state index in [1.807, 2.05) is 12.1 Å². The van der Waals surface area contributed by atoms with Gasteiger partial charge in [0.15, 0.2) is 35.1 Å². The standard InChI is InChI=1S/C38H52N8O9/c1-5-53-36(50)45-15-16-46(25(21-45)19-43-34(49)24(7-6-13-41-35(39)40)17-26(48)20-42-22(2)47)37(51)54-30-11-9-27-28-18-23-8-10-29(52-4)32-31(23)38(27,33(30)55-32)12-14-44(28)3/h8-11,24-25,28,33H,5-7,12-21H2,1-4H3,(H,42,47)(H,43,49)(H4,39,40,41)/t24-,25?,28-,33?,38+/m1/s1. The highest BCUT2D eigenvalue weighted by Crippen LogP contribution is 2.62. The van der Waals surface area contributed by atoms with E-state index in [1.165, 1.54) is 27.9 Å². The van der Waals surface area contributed by atoms with E-state index in [1.54, 1.807) is 14.0 Å². The number of carbonyl (C=O) groups is 5. The summed E-state index contributed by atoms with van der Waals surface area (Å²) in [7, 11) is 3.74. The van der Waals surface area contributed by atoms with E-state index in [2.05, 4.69) is 39.7 Å². The summed E-state index contributed by atoms with van der Waals surface area (Å²) in [6.45, 7) is 4.41. The van der Waals surface area contributed by atoms with Gasteiger partial charge in [-0.05, 0) is 69.5 Å². The van der Waals surface area contributed by atoms with Crippen LogP contribution in [-0.4, -0.2) is 135 Å². The maximum Gasteiger partial charge on any atom is 0.415 e. The monoisotopic (exact) mass is 764 g/mol. The van der Waals surface area contributed by atoms with Crippen molar-refractivity contribution in [2.24, 2.45) is 22.4 Å². The van der Waals surface area contributed by atoms with Crippen molar-refractivity contribution in [2.75, 3.05) is 66.6 Å². The maximum atomic E-state index is 14.2. The Labute approximate surface area is 320 Å². The molecule has 1 aromatic rings. The zero-order valence-corrected chi connectivity index (χ0v) is 31.9. The molecule has 2 unspecified atom stereocenters. The largest absolute Gasteiger partial charge is 0.493 e. The third kappa shape index (κ3) is 7.93. The molecular weight excluding hydrogens is 712 g/mol. The van der Waals surface area contributed by atoms with Gasteiger partial charge < -0.3 is 45.9 Å². The molecule has 0 radical (unpaired) electrons. The zero-order valence-electron chi connectivity index (χ0n) is 31.9. The van der Waals surface area contributed by atoms with Crippen LogP contribution in [0.25, 0.3) is 0 Å². The molecule has 2 fully saturated rings. The minimum absolute atomic E-state index is 0.0406. The number of guanidine groups is 1. The van der Waals surface area contributed by atoms with Crippen LogP contribution in [0.15, 0.2) is 40.6 Å². The van der Waals surface area contributed by atoms with Gasteiger partial charge in [0.25, 0.3) is 0 Å². The lowest BCUT2D eigenvalue weighted by atomic mass is 9.57. The second kappa shape index (κ2) is 16.6. The predicted molar refractivity (Wildman–Crippen MR) is 200 cm³/mol. The number of nitrogens with zero attached hydrogens (tertiary/aromatic N) is 4. The molecule has 1 aromatic carbocycles. The number of nitrogens with two attached hydrogens (primary N) is 2. The number of nitrogens with one attached hydrogen (secondary N) is 2. The van der Waals surface area contributed by atoms with Crippen LogP contribution in [0.1, 0.15) is 50.7 Å². The Morgan fingerprint density at radius 1 is 1.09 bits per heavy atom. The zero-order chi connectivity index (χ0) is 39.4. The summed E-state index contributed by atoms with van der Waals surface area (Å²) in [6.07, 6.45) is 4.32. The Kier molecular flexibility index (Phi) is 11.9. The van der Waals surface area contributed by atoms with Gasteiger partial charge in [-0.1, -0.05) is 12.1 Å². The summed E-state index contributed by atoms with van der Waals surface area (Å²) in [5, 5.41) is 5.38. The van der Waals surface area contributed by atoms with Gasteiger partial charge in [-0.2, -0.15) is 0 Å². The molecule has 2 bridgehead atoms. The van der Waals surface area contributed by atoms with Crippen molar-refractivity contribution in [1.82, 2.24) is 25.3 Å². The number of hydrogen-bond acceptors (Lipinski definition) is 11. The summed E-state index contributed by atoms with van der Waals surface area (Å²) in [5.74, 6) is -0.271. The van der Waals surface area contributed by atoms with Gasteiger partial charge in [-0.15, -0.1) is 0 Å². The van der Waals surface area contributed by atoms with Crippen LogP contribution in [0.3, 0.4) is 0 Å². The van der Waals surface area contributed by atoms with Gasteiger partial charge in [-0.25, -0.2) is 9.59 Å². The Hall–Kier alpha value is -5.32. The third-order valence-corrected chi connectivity index (χ3v) is 11.3. The molecule has 4 amide bonds. The Morgan fingerprint density at radius 2 is 1.89 bits per heavy atom. The van der Waals surface area contributed by atoms with Gasteiger partial charge in [-0.3, -0.25) is 29.2 Å². The van der Waals surface area contributed by atoms with Gasteiger partial charge in [0.2, 0.25) is 11.8 Å². The minimum atomic E-state index is -0.759. The van der Waals surface area contributed by atoms with E-state index in [9.17, 15) is 24.0 Å². The number of amides is 4. The number of methoxy groups -OCH3 is 1. The number of rotatable bonds is 14. The molecule has 17 heteroatoms. The highest BCUT2D eigenvalue weighted by Gasteiger charge is 2.62. The molecule has 6 N–H and O–H groups in total. The second-order valence-corrected chi connectivity index (χ2v) is 14.6. The van der Waals surface area contributed by atoms with Crippen molar-refractivity contribution in [2.45, 2.75) is 69.6 Å². The number of piperidine rings is 1. The summed E-state index contributed by atoms with van der Waals surface area (Å²) in [5.41, 5.74) is 13.9. The normalized spacial score (nSPS) is 23.9.